The van der Waals surface area contributed by atoms with Crippen molar-refractivity contribution in [3.63, 3.8) is 0 Å². The Hall–Kier alpha value is -3.10. The second kappa shape index (κ2) is 6.75. The summed E-state index contributed by atoms with van der Waals surface area (Å²) in [4.78, 5) is 27.2. The van der Waals surface area contributed by atoms with Gasteiger partial charge in [-0.05, 0) is 36.6 Å². The number of hydrogen-bond donors (Lipinski definition) is 0. The van der Waals surface area contributed by atoms with Gasteiger partial charge in [0, 0.05) is 11.2 Å². The molecule has 0 spiro atoms. The van der Waals surface area contributed by atoms with E-state index in [0.717, 1.165) is 11.0 Å². The van der Waals surface area contributed by atoms with Crippen LogP contribution >= 0.6 is 23.4 Å². The molecule has 0 saturated carbocycles. The number of benzene rings is 2. The summed E-state index contributed by atoms with van der Waals surface area (Å²) in [6.07, 6.45) is 3.45. The van der Waals surface area contributed by atoms with Crippen molar-refractivity contribution in [1.29, 1.82) is 0 Å². The van der Waals surface area contributed by atoms with Crippen molar-refractivity contribution in [2.24, 2.45) is 0 Å². The van der Waals surface area contributed by atoms with Gasteiger partial charge in [-0.15, -0.1) is 0 Å². The van der Waals surface area contributed by atoms with Crippen LogP contribution in [0, 0.1) is 0 Å². The van der Waals surface area contributed by atoms with Crippen LogP contribution in [0.3, 0.4) is 0 Å². The molecule has 0 N–H and O–H groups in total. The number of ether oxygens (including phenoxy) is 1. The number of hydrogen-bond acceptors (Lipinski definition) is 6. The normalized spacial score (nSPS) is 11.6. The number of fused-ring (bicyclic) bond motifs is 5. The van der Waals surface area contributed by atoms with E-state index in [1.807, 2.05) is 34.9 Å². The first-order valence-electron chi connectivity index (χ1n) is 8.69. The predicted molar refractivity (Wildman–Crippen MR) is 115 cm³/mol. The minimum atomic E-state index is -0.295. The van der Waals surface area contributed by atoms with Gasteiger partial charge in [0.1, 0.15) is 11.1 Å². The molecule has 29 heavy (non-hydrogen) atoms. The van der Waals surface area contributed by atoms with Crippen LogP contribution in [0.4, 0.5) is 0 Å². The highest BCUT2D eigenvalue weighted by Gasteiger charge is 2.20. The third kappa shape index (κ3) is 2.67. The van der Waals surface area contributed by atoms with Crippen LogP contribution < -0.4 is 10.3 Å². The molecule has 0 atom stereocenters. The summed E-state index contributed by atoms with van der Waals surface area (Å²) in [6.45, 7) is 0. The Labute approximate surface area is 173 Å². The molecule has 2 aromatic carbocycles. The molecule has 0 aliphatic rings. The molecule has 9 heteroatoms. The van der Waals surface area contributed by atoms with Crippen molar-refractivity contribution in [3.05, 3.63) is 64.0 Å². The molecule has 5 aromatic rings. The summed E-state index contributed by atoms with van der Waals surface area (Å²) in [5.41, 5.74) is 2.30. The van der Waals surface area contributed by atoms with E-state index >= 15 is 0 Å². The molecule has 144 valence electrons. The molecule has 0 bridgehead atoms. The van der Waals surface area contributed by atoms with Gasteiger partial charge in [0.15, 0.2) is 10.8 Å². The van der Waals surface area contributed by atoms with E-state index in [4.69, 9.17) is 21.3 Å². The molecule has 3 heterocycles. The molecule has 3 aromatic heterocycles. The molecule has 7 nitrogen and oxygen atoms in total. The Kier molecular flexibility index (Phi) is 4.18. The van der Waals surface area contributed by atoms with Crippen LogP contribution in [0.15, 0.2) is 58.6 Å². The molecule has 0 amide bonds. The van der Waals surface area contributed by atoms with Crippen LogP contribution in [-0.2, 0) is 0 Å². The van der Waals surface area contributed by atoms with Crippen LogP contribution in [0.25, 0.3) is 33.5 Å². The minimum absolute atomic E-state index is 0.295. The Morgan fingerprint density at radius 1 is 1.14 bits per heavy atom. The Morgan fingerprint density at radius 2 is 1.97 bits per heavy atom. The van der Waals surface area contributed by atoms with E-state index in [-0.39, 0.29) is 5.56 Å². The van der Waals surface area contributed by atoms with E-state index in [0.29, 0.717) is 38.4 Å². The van der Waals surface area contributed by atoms with Crippen molar-refractivity contribution >= 4 is 51.2 Å². The molecular weight excluding hydrogens is 410 g/mol. The highest BCUT2D eigenvalue weighted by molar-refractivity contribution is 7.98. The van der Waals surface area contributed by atoms with Crippen molar-refractivity contribution in [2.45, 2.75) is 5.16 Å². The summed E-state index contributed by atoms with van der Waals surface area (Å²) >= 11 is 7.65. The van der Waals surface area contributed by atoms with Crippen LogP contribution in [0.1, 0.15) is 0 Å². The zero-order valence-corrected chi connectivity index (χ0v) is 17.0. The Morgan fingerprint density at radius 3 is 2.76 bits per heavy atom. The number of para-hydroxylation sites is 2. The van der Waals surface area contributed by atoms with E-state index in [2.05, 4.69) is 9.97 Å². The maximum atomic E-state index is 13.5. The number of methoxy groups -OCH3 is 1. The molecule has 0 saturated heterocycles. The molecule has 0 radical (unpaired) electrons. The van der Waals surface area contributed by atoms with Gasteiger partial charge in [-0.3, -0.25) is 9.20 Å². The molecule has 0 fully saturated rings. The lowest BCUT2D eigenvalue weighted by Crippen LogP contribution is -2.23. The van der Waals surface area contributed by atoms with E-state index < -0.39 is 0 Å². The minimum Gasteiger partial charge on any atom is -0.495 e. The van der Waals surface area contributed by atoms with Gasteiger partial charge in [0.2, 0.25) is 5.78 Å². The lowest BCUT2D eigenvalue weighted by Gasteiger charge is -2.14. The van der Waals surface area contributed by atoms with Gasteiger partial charge >= 0.3 is 0 Å². The zero-order chi connectivity index (χ0) is 20.1. The molecule has 0 aliphatic carbocycles. The fourth-order valence-electron chi connectivity index (χ4n) is 3.42. The number of rotatable bonds is 3. The quantitative estimate of drug-likeness (QED) is 0.323. The van der Waals surface area contributed by atoms with Crippen molar-refractivity contribution in [3.8, 4) is 11.4 Å². The Balaban J connectivity index is 2.06. The largest absolute Gasteiger partial charge is 0.495 e. The van der Waals surface area contributed by atoms with Gasteiger partial charge in [-0.25, -0.2) is 19.5 Å². The number of imidazole rings is 1. The molecule has 0 aliphatic heterocycles. The smallest absolute Gasteiger partial charge is 0.270 e. The summed E-state index contributed by atoms with van der Waals surface area (Å²) in [5.74, 6) is 0.932. The van der Waals surface area contributed by atoms with Crippen molar-refractivity contribution in [2.75, 3.05) is 13.4 Å². The number of thioether (sulfide) groups is 1. The van der Waals surface area contributed by atoms with Crippen LogP contribution in [0.5, 0.6) is 5.75 Å². The molecular formula is C20H14ClN5O2S. The van der Waals surface area contributed by atoms with Gasteiger partial charge in [-0.2, -0.15) is 0 Å². The lowest BCUT2D eigenvalue weighted by atomic mass is 10.2. The first kappa shape index (κ1) is 18.0. The van der Waals surface area contributed by atoms with Crippen LogP contribution in [-0.4, -0.2) is 37.3 Å². The standard InChI is InChI=1S/C20H14ClN5O2S/c1-28-16-8-7-11(21)9-15(16)26-18(27)12-10-22-19(29-2)24-17(12)25-14-6-4-3-5-13(14)23-20(25)26/h3-10H,1-2H3. The topological polar surface area (TPSA) is 74.3 Å². The summed E-state index contributed by atoms with van der Waals surface area (Å²) in [7, 11) is 1.55. The van der Waals surface area contributed by atoms with Crippen molar-refractivity contribution in [1.82, 2.24) is 23.9 Å². The zero-order valence-electron chi connectivity index (χ0n) is 15.5. The number of halogens is 1. The summed E-state index contributed by atoms with van der Waals surface area (Å²) < 4.78 is 8.86. The second-order valence-corrected chi connectivity index (χ2v) is 7.50. The second-order valence-electron chi connectivity index (χ2n) is 6.29. The monoisotopic (exact) mass is 423 g/mol. The molecule has 5 rings (SSSR count). The van der Waals surface area contributed by atoms with E-state index in [9.17, 15) is 4.79 Å². The van der Waals surface area contributed by atoms with Gasteiger partial charge < -0.3 is 4.74 Å². The fourth-order valence-corrected chi connectivity index (χ4v) is 3.92. The number of aromatic nitrogens is 5. The van der Waals surface area contributed by atoms with Gasteiger partial charge in [-0.1, -0.05) is 35.5 Å². The first-order chi connectivity index (χ1) is 14.1. The van der Waals surface area contributed by atoms with Crippen molar-refractivity contribution < 1.29 is 4.74 Å². The molecule has 0 unspecified atom stereocenters. The average Bonchev–Trinajstić information content (AvgIpc) is 3.13. The third-order valence-corrected chi connectivity index (χ3v) is 5.50. The third-order valence-electron chi connectivity index (χ3n) is 4.70. The van der Waals surface area contributed by atoms with E-state index in [1.165, 1.54) is 16.3 Å². The SMILES string of the molecule is COc1ccc(Cl)cc1-n1c(=O)c2cnc(SC)nc2n2c3ccccc3nc12. The lowest BCUT2D eigenvalue weighted by molar-refractivity contribution is 0.413. The maximum absolute atomic E-state index is 13.5. The fraction of sp³-hybridized carbons (Fsp3) is 0.100. The highest BCUT2D eigenvalue weighted by Crippen LogP contribution is 2.29. The Bertz CT molecular complexity index is 1480. The first-order valence-corrected chi connectivity index (χ1v) is 10.3. The number of nitrogens with zero attached hydrogens (tertiary/aromatic N) is 5. The highest BCUT2D eigenvalue weighted by atomic mass is 35.5. The average molecular weight is 424 g/mol. The van der Waals surface area contributed by atoms with Gasteiger partial charge in [0.25, 0.3) is 5.56 Å². The van der Waals surface area contributed by atoms with Gasteiger partial charge in [0.05, 0.1) is 23.8 Å². The summed E-state index contributed by atoms with van der Waals surface area (Å²) in [5, 5.41) is 1.44. The van der Waals surface area contributed by atoms with Crippen LogP contribution in [0.2, 0.25) is 5.02 Å². The summed E-state index contributed by atoms with van der Waals surface area (Å²) in [6, 6.07) is 12.8. The maximum Gasteiger partial charge on any atom is 0.270 e. The predicted octanol–water partition coefficient (Wildman–Crippen LogP) is 3.97. The van der Waals surface area contributed by atoms with E-state index in [1.54, 1.807) is 31.5 Å².